The van der Waals surface area contributed by atoms with Crippen molar-refractivity contribution < 1.29 is 4.79 Å². The van der Waals surface area contributed by atoms with Crippen LogP contribution in [-0.2, 0) is 13.0 Å². The third-order valence-corrected chi connectivity index (χ3v) is 4.57. The minimum absolute atomic E-state index is 0.0393. The third kappa shape index (κ3) is 2.63. The molecule has 0 aliphatic carbocycles. The van der Waals surface area contributed by atoms with Crippen LogP contribution >= 0.6 is 0 Å². The van der Waals surface area contributed by atoms with E-state index < -0.39 is 0 Å². The van der Waals surface area contributed by atoms with Crippen molar-refractivity contribution in [1.29, 1.82) is 0 Å². The number of hydrogen-bond donors (Lipinski definition) is 1. The first-order valence-electron chi connectivity index (χ1n) is 8.12. The van der Waals surface area contributed by atoms with E-state index in [2.05, 4.69) is 15.1 Å². The molecular weight excluding hydrogens is 316 g/mol. The Balaban J connectivity index is 1.61. The number of hydrogen-bond acceptors (Lipinski definition) is 5. The van der Waals surface area contributed by atoms with Crippen molar-refractivity contribution in [1.82, 2.24) is 24.6 Å². The van der Waals surface area contributed by atoms with Crippen molar-refractivity contribution in [2.24, 2.45) is 0 Å². The van der Waals surface area contributed by atoms with E-state index in [4.69, 9.17) is 5.73 Å². The van der Waals surface area contributed by atoms with Crippen LogP contribution in [0.15, 0.2) is 42.9 Å². The molecule has 7 heteroatoms. The zero-order valence-electron chi connectivity index (χ0n) is 13.9. The van der Waals surface area contributed by atoms with Crippen LogP contribution in [0.5, 0.6) is 0 Å². The second-order valence-electron chi connectivity index (χ2n) is 6.05. The average molecular weight is 334 g/mol. The summed E-state index contributed by atoms with van der Waals surface area (Å²) in [5, 5.41) is 4.38. The predicted octanol–water partition coefficient (Wildman–Crippen LogP) is 1.75. The second kappa shape index (κ2) is 6.01. The van der Waals surface area contributed by atoms with Crippen molar-refractivity contribution in [3.63, 3.8) is 0 Å². The Kier molecular flexibility index (Phi) is 3.68. The molecule has 0 bridgehead atoms. The summed E-state index contributed by atoms with van der Waals surface area (Å²) in [7, 11) is 0. The van der Waals surface area contributed by atoms with E-state index in [1.165, 1.54) is 6.33 Å². The van der Waals surface area contributed by atoms with Crippen molar-refractivity contribution in [3.8, 4) is 5.69 Å². The quantitative estimate of drug-likeness (QED) is 0.771. The summed E-state index contributed by atoms with van der Waals surface area (Å²) in [5.41, 5.74) is 10.0. The highest BCUT2D eigenvalue weighted by molar-refractivity contribution is 5.95. The lowest BCUT2D eigenvalue weighted by atomic mass is 10.0. The fourth-order valence-electron chi connectivity index (χ4n) is 3.17. The number of nitrogens with zero attached hydrogens (tertiary/aromatic N) is 5. The van der Waals surface area contributed by atoms with Gasteiger partial charge in [0.15, 0.2) is 0 Å². The molecule has 0 unspecified atom stereocenters. The molecular formula is C18H18N6O. The molecule has 126 valence electrons. The van der Waals surface area contributed by atoms with E-state index >= 15 is 0 Å². The normalized spacial score (nSPS) is 13.6. The van der Waals surface area contributed by atoms with Crippen LogP contribution in [0.1, 0.15) is 27.3 Å². The van der Waals surface area contributed by atoms with Gasteiger partial charge in [-0.15, -0.1) is 0 Å². The molecule has 3 aromatic rings. The van der Waals surface area contributed by atoms with Crippen LogP contribution in [0.25, 0.3) is 5.69 Å². The average Bonchev–Trinajstić information content (AvgIpc) is 3.03. The second-order valence-corrected chi connectivity index (χ2v) is 6.05. The lowest BCUT2D eigenvalue weighted by Gasteiger charge is -2.28. The Morgan fingerprint density at radius 1 is 1.20 bits per heavy atom. The number of anilines is 1. The molecule has 0 saturated carbocycles. The van der Waals surface area contributed by atoms with Gasteiger partial charge in [-0.25, -0.2) is 14.6 Å². The summed E-state index contributed by atoms with van der Waals surface area (Å²) in [5.74, 6) is 0.465. The maximum absolute atomic E-state index is 13.0. The summed E-state index contributed by atoms with van der Waals surface area (Å²) >= 11 is 0. The first kappa shape index (κ1) is 15.3. The molecule has 0 fully saturated rings. The summed E-state index contributed by atoms with van der Waals surface area (Å²) in [6.07, 6.45) is 3.75. The molecule has 1 aliphatic rings. The van der Waals surface area contributed by atoms with Crippen LogP contribution in [0.3, 0.4) is 0 Å². The molecule has 0 atom stereocenters. The van der Waals surface area contributed by atoms with Crippen molar-refractivity contribution >= 4 is 11.7 Å². The summed E-state index contributed by atoms with van der Waals surface area (Å²) in [4.78, 5) is 23.0. The number of fused-ring (bicyclic) bond motifs is 1. The summed E-state index contributed by atoms with van der Waals surface area (Å²) in [6.45, 7) is 2.95. The third-order valence-electron chi connectivity index (χ3n) is 4.57. The number of aromatic nitrogens is 4. The van der Waals surface area contributed by atoms with Crippen LogP contribution < -0.4 is 5.73 Å². The van der Waals surface area contributed by atoms with Gasteiger partial charge in [0.05, 0.1) is 35.4 Å². The van der Waals surface area contributed by atoms with Gasteiger partial charge in [0.2, 0.25) is 0 Å². The number of carbonyl (C=O) groups excluding carboxylic acids is 1. The van der Waals surface area contributed by atoms with E-state index in [0.717, 1.165) is 22.6 Å². The monoisotopic (exact) mass is 334 g/mol. The fraction of sp³-hybridized carbons (Fsp3) is 0.222. The van der Waals surface area contributed by atoms with Gasteiger partial charge in [0.25, 0.3) is 5.91 Å². The largest absolute Gasteiger partial charge is 0.383 e. The van der Waals surface area contributed by atoms with E-state index in [1.54, 1.807) is 15.8 Å². The number of carbonyl (C=O) groups is 1. The Morgan fingerprint density at radius 2 is 2.00 bits per heavy atom. The van der Waals surface area contributed by atoms with Gasteiger partial charge in [-0.2, -0.15) is 5.10 Å². The Bertz CT molecular complexity index is 934. The van der Waals surface area contributed by atoms with Gasteiger partial charge in [0, 0.05) is 12.1 Å². The van der Waals surface area contributed by atoms with Crippen LogP contribution in [0.2, 0.25) is 0 Å². The van der Waals surface area contributed by atoms with Crippen molar-refractivity contribution in [2.75, 3.05) is 12.3 Å². The smallest absolute Gasteiger partial charge is 0.257 e. The number of para-hydroxylation sites is 1. The molecule has 2 aromatic heterocycles. The molecule has 2 N–H and O–H groups in total. The first-order valence-corrected chi connectivity index (χ1v) is 8.12. The SMILES string of the molecule is Cc1c(C(=O)N2CCc3c(N)ncnc3C2)cnn1-c1ccccc1. The predicted molar refractivity (Wildman–Crippen MR) is 93.2 cm³/mol. The highest BCUT2D eigenvalue weighted by atomic mass is 16.2. The van der Waals surface area contributed by atoms with Crippen LogP contribution in [-0.4, -0.2) is 37.1 Å². The minimum Gasteiger partial charge on any atom is -0.383 e. The highest BCUT2D eigenvalue weighted by Gasteiger charge is 2.26. The number of rotatable bonds is 2. The van der Waals surface area contributed by atoms with Crippen molar-refractivity contribution in [3.05, 3.63) is 65.4 Å². The zero-order valence-corrected chi connectivity index (χ0v) is 13.9. The van der Waals surface area contributed by atoms with E-state index in [-0.39, 0.29) is 5.91 Å². The van der Waals surface area contributed by atoms with Crippen LogP contribution in [0.4, 0.5) is 5.82 Å². The minimum atomic E-state index is -0.0393. The van der Waals surface area contributed by atoms with Gasteiger partial charge in [0.1, 0.15) is 12.1 Å². The molecule has 0 radical (unpaired) electrons. The molecule has 4 rings (SSSR count). The first-order chi connectivity index (χ1) is 12.1. The fourth-order valence-corrected chi connectivity index (χ4v) is 3.17. The molecule has 1 amide bonds. The van der Waals surface area contributed by atoms with E-state index in [9.17, 15) is 4.79 Å². The van der Waals surface area contributed by atoms with Gasteiger partial charge >= 0.3 is 0 Å². The maximum Gasteiger partial charge on any atom is 0.257 e. The van der Waals surface area contributed by atoms with Gasteiger partial charge in [-0.3, -0.25) is 4.79 Å². The number of amides is 1. The topological polar surface area (TPSA) is 89.9 Å². The number of nitrogen functional groups attached to an aromatic ring is 1. The highest BCUT2D eigenvalue weighted by Crippen LogP contribution is 2.23. The van der Waals surface area contributed by atoms with Gasteiger partial charge in [-0.05, 0) is 25.5 Å². The lowest BCUT2D eigenvalue weighted by Crippen LogP contribution is -2.37. The molecule has 0 saturated heterocycles. The standard InChI is InChI=1S/C18H18N6O/c1-12-15(9-22-24(12)13-5-3-2-4-6-13)18(25)23-8-7-14-16(10-23)20-11-21-17(14)19/h2-6,9,11H,7-8,10H2,1H3,(H2,19,20,21). The molecule has 1 aliphatic heterocycles. The Morgan fingerprint density at radius 3 is 2.80 bits per heavy atom. The molecule has 3 heterocycles. The molecule has 0 spiro atoms. The van der Waals surface area contributed by atoms with Crippen molar-refractivity contribution in [2.45, 2.75) is 19.9 Å². The van der Waals surface area contributed by atoms with E-state index in [0.29, 0.717) is 30.9 Å². The maximum atomic E-state index is 13.0. The lowest BCUT2D eigenvalue weighted by molar-refractivity contribution is 0.0731. The summed E-state index contributed by atoms with van der Waals surface area (Å²) in [6, 6.07) is 9.77. The molecule has 7 nitrogen and oxygen atoms in total. The molecule has 25 heavy (non-hydrogen) atoms. The Labute approximate surface area is 145 Å². The van der Waals surface area contributed by atoms with Crippen LogP contribution in [0, 0.1) is 6.92 Å². The Hall–Kier alpha value is -3.22. The van der Waals surface area contributed by atoms with Gasteiger partial charge in [-0.1, -0.05) is 18.2 Å². The number of benzene rings is 1. The zero-order chi connectivity index (χ0) is 17.4. The van der Waals surface area contributed by atoms with E-state index in [1.807, 2.05) is 37.3 Å². The van der Waals surface area contributed by atoms with Gasteiger partial charge < -0.3 is 10.6 Å². The summed E-state index contributed by atoms with van der Waals surface area (Å²) < 4.78 is 1.78. The molecule has 1 aromatic carbocycles. The number of nitrogens with two attached hydrogens (primary N) is 1.